The monoisotopic (exact) mass is 198 g/mol. The molecule has 0 aliphatic heterocycles. The molecule has 0 aliphatic carbocycles. The first-order chi connectivity index (χ1) is 3.00. The third-order valence-electron chi connectivity index (χ3n) is 0. The second kappa shape index (κ2) is 97.4. The Labute approximate surface area is 86.3 Å². The molecular weight excluding hydrogens is 194 g/mol. The van der Waals surface area contributed by atoms with E-state index >= 15 is 0 Å². The predicted molar refractivity (Wildman–Crippen MR) is 32.8 cm³/mol. The molecule has 0 aliphatic rings. The van der Waals surface area contributed by atoms with Crippen molar-refractivity contribution in [1.29, 1.82) is 0 Å². The summed E-state index contributed by atoms with van der Waals surface area (Å²) in [5, 5.41) is 0. The first-order valence-corrected chi connectivity index (χ1v) is 1.52. The molecule has 0 unspecified atom stereocenters. The van der Waals surface area contributed by atoms with Crippen molar-refractivity contribution in [3.05, 3.63) is 0 Å². The van der Waals surface area contributed by atoms with Gasteiger partial charge in [0.15, 0.2) is 0 Å². The van der Waals surface area contributed by atoms with E-state index in [0.717, 1.165) is 0 Å². The summed E-state index contributed by atoms with van der Waals surface area (Å²) in [5.74, 6) is 0. The van der Waals surface area contributed by atoms with Gasteiger partial charge in [-0.05, 0) is 0 Å². The molecule has 7 heteroatoms. The van der Waals surface area contributed by atoms with Gasteiger partial charge in [0.1, 0.15) is 0 Å². The van der Waals surface area contributed by atoms with Crippen molar-refractivity contribution in [3.63, 3.8) is 0 Å². The molecule has 0 fully saturated rings. The Morgan fingerprint density at radius 1 is 0.571 bits per heavy atom. The minimum atomic E-state index is 0. The molecule has 0 spiro atoms. The van der Waals surface area contributed by atoms with Crippen LogP contribution in [-0.4, -0.2) is 51.7 Å². The van der Waals surface area contributed by atoms with E-state index in [0.29, 0.717) is 0 Å². The van der Waals surface area contributed by atoms with Crippen LogP contribution in [0.2, 0.25) is 0 Å². The Bertz CT molecular complexity index is 10.1. The van der Waals surface area contributed by atoms with E-state index in [1.54, 1.807) is 0 Å². The van der Waals surface area contributed by atoms with Crippen LogP contribution in [-0.2, 0) is 0 Å². The first kappa shape index (κ1) is 23.0. The van der Waals surface area contributed by atoms with Crippen molar-refractivity contribution < 1.29 is 14.0 Å². The topological polar surface area (TPSA) is 60.7 Å². The Morgan fingerprint density at radius 3 is 0.571 bits per heavy atom. The van der Waals surface area contributed by atoms with E-state index in [9.17, 15) is 0 Å². The van der Waals surface area contributed by atoms with Crippen molar-refractivity contribution in [2.45, 2.75) is 0 Å². The molecule has 0 saturated carbocycles. The van der Waals surface area contributed by atoms with Crippen LogP contribution in [0.15, 0.2) is 0 Å². The van der Waals surface area contributed by atoms with Gasteiger partial charge in [0, 0.05) is 0 Å². The molecule has 46 valence electrons. The summed E-state index contributed by atoms with van der Waals surface area (Å²) in [4.78, 5) is 0. The van der Waals surface area contributed by atoms with Gasteiger partial charge in [-0.1, -0.05) is 0 Å². The quantitative estimate of drug-likeness (QED) is 0.460. The van der Waals surface area contributed by atoms with Gasteiger partial charge in [0.25, 0.3) is 0 Å². The maximum absolute atomic E-state index is 6.47. The normalized spacial score (nSPS) is 2.57. The molecular formula is H5CaCl3O3. The van der Waals surface area contributed by atoms with Gasteiger partial charge < -0.3 is 0 Å². The van der Waals surface area contributed by atoms with Crippen molar-refractivity contribution in [2.24, 2.45) is 0 Å². The van der Waals surface area contributed by atoms with Gasteiger partial charge in [-0.3, -0.25) is 14.0 Å². The van der Waals surface area contributed by atoms with Crippen molar-refractivity contribution in [3.8, 4) is 0 Å². The fraction of sp³-hybridized carbons (Fsp3) is 0. The zero-order valence-electron chi connectivity index (χ0n) is 2.48. The van der Waals surface area contributed by atoms with Gasteiger partial charge in [-0.15, -0.1) is 0 Å². The molecule has 0 aromatic rings. The molecule has 3 nitrogen and oxygen atoms in total. The molecule has 3 N–H and O–H groups in total. The first-order valence-electron chi connectivity index (χ1n) is 0.507. The summed E-state index contributed by atoms with van der Waals surface area (Å²) in [5.41, 5.74) is 0. The van der Waals surface area contributed by atoms with E-state index in [1.165, 1.54) is 0 Å². The van der Waals surface area contributed by atoms with Crippen molar-refractivity contribution >= 4 is 73.3 Å². The van der Waals surface area contributed by atoms with Crippen LogP contribution >= 0.6 is 35.6 Å². The van der Waals surface area contributed by atoms with Crippen LogP contribution in [0.25, 0.3) is 0 Å². The number of hydrogen-bond donors (Lipinski definition) is 3. The van der Waals surface area contributed by atoms with Gasteiger partial charge in [0.2, 0.25) is 0 Å². The van der Waals surface area contributed by atoms with E-state index in [4.69, 9.17) is 14.0 Å². The molecule has 0 aromatic carbocycles. The second-order valence-electron chi connectivity index (χ2n) is 0. The summed E-state index contributed by atoms with van der Waals surface area (Å²) >= 11 is 10.9. The van der Waals surface area contributed by atoms with E-state index < -0.39 is 0 Å². The number of hydrogen-bond acceptors (Lipinski definition) is 3. The fourth-order valence-corrected chi connectivity index (χ4v) is 0. The molecule has 0 bridgehead atoms. The van der Waals surface area contributed by atoms with Crippen LogP contribution in [0, 0.1) is 0 Å². The van der Waals surface area contributed by atoms with Gasteiger partial charge in [0.05, 0.1) is 35.6 Å². The summed E-state index contributed by atoms with van der Waals surface area (Å²) in [6.45, 7) is 0. The molecule has 0 saturated heterocycles. The Hall–Kier alpha value is 2.01. The molecule has 0 amide bonds. The van der Waals surface area contributed by atoms with E-state index in [1.807, 2.05) is 0 Å². The third-order valence-corrected chi connectivity index (χ3v) is 0. The zero-order valence-corrected chi connectivity index (χ0v) is 4.74. The standard InChI is InChI=1S/Ca.3ClHO.2H/c;3*1-2;;/h;3*2H;;. The Balaban J connectivity index is -0.00000000900. The Kier molecular flexibility index (Phi) is 321. The van der Waals surface area contributed by atoms with Crippen LogP contribution in [0.4, 0.5) is 0 Å². The summed E-state index contributed by atoms with van der Waals surface area (Å²) in [7, 11) is 0. The molecule has 0 heterocycles. The third kappa shape index (κ3) is 71.6. The second-order valence-corrected chi connectivity index (χ2v) is 0. The van der Waals surface area contributed by atoms with Crippen LogP contribution in [0.1, 0.15) is 0 Å². The summed E-state index contributed by atoms with van der Waals surface area (Å²) < 4.78 is 19.4. The number of halogens is 3. The predicted octanol–water partition coefficient (Wildman–Crippen LogP) is -0.519. The average Bonchev–Trinajstić information content (AvgIpc) is 1.81. The van der Waals surface area contributed by atoms with Crippen molar-refractivity contribution in [2.75, 3.05) is 0 Å². The maximum atomic E-state index is 6.47. The van der Waals surface area contributed by atoms with Crippen LogP contribution < -0.4 is 0 Å². The molecule has 0 rings (SSSR count). The van der Waals surface area contributed by atoms with Gasteiger partial charge in [-0.2, -0.15) is 0 Å². The molecule has 0 aromatic heterocycles. The molecule has 0 radical (unpaired) electrons. The SMILES string of the molecule is OCl.OCl.OCl.[CaH2]. The zero-order chi connectivity index (χ0) is 6.00. The molecule has 0 atom stereocenters. The van der Waals surface area contributed by atoms with Gasteiger partial charge in [-0.25, -0.2) is 0 Å². The average molecular weight is 199 g/mol. The van der Waals surface area contributed by atoms with Crippen LogP contribution in [0.3, 0.4) is 0 Å². The fourth-order valence-electron chi connectivity index (χ4n) is 0. The summed E-state index contributed by atoms with van der Waals surface area (Å²) in [6.07, 6.45) is 0. The summed E-state index contributed by atoms with van der Waals surface area (Å²) in [6, 6.07) is 0. The molecule has 7 heavy (non-hydrogen) atoms. The van der Waals surface area contributed by atoms with Crippen molar-refractivity contribution in [1.82, 2.24) is 0 Å². The van der Waals surface area contributed by atoms with Crippen LogP contribution in [0.5, 0.6) is 0 Å². The Morgan fingerprint density at radius 2 is 0.571 bits per heavy atom. The number of rotatable bonds is 0. The van der Waals surface area contributed by atoms with E-state index in [-0.39, 0.29) is 37.7 Å². The minimum absolute atomic E-state index is 0. The van der Waals surface area contributed by atoms with E-state index in [2.05, 4.69) is 35.6 Å². The van der Waals surface area contributed by atoms with Gasteiger partial charge >= 0.3 is 37.7 Å².